The summed E-state index contributed by atoms with van der Waals surface area (Å²) >= 11 is 0. The second-order valence-corrected chi connectivity index (χ2v) is 5.14. The normalized spacial score (nSPS) is 26.7. The largest absolute Gasteiger partial charge is 0.480 e. The first kappa shape index (κ1) is 14.1. The molecule has 6 nitrogen and oxygen atoms in total. The monoisotopic (exact) mass is 270 g/mol. The van der Waals surface area contributed by atoms with Crippen molar-refractivity contribution >= 4 is 12.0 Å². The first-order valence-electron chi connectivity index (χ1n) is 7.02. The molecule has 1 aliphatic carbocycles. The van der Waals surface area contributed by atoms with Gasteiger partial charge in [0.25, 0.3) is 0 Å². The van der Waals surface area contributed by atoms with Crippen LogP contribution in [-0.4, -0.2) is 65.3 Å². The molecule has 0 aromatic heterocycles. The predicted molar refractivity (Wildman–Crippen MR) is 69.0 cm³/mol. The highest BCUT2D eigenvalue weighted by Crippen LogP contribution is 2.29. The maximum Gasteiger partial charge on any atom is 0.323 e. The molecule has 1 saturated heterocycles. The number of carbonyl (C=O) groups excluding carboxylic acids is 1. The van der Waals surface area contributed by atoms with Crippen LogP contribution in [0.2, 0.25) is 0 Å². The van der Waals surface area contributed by atoms with E-state index >= 15 is 0 Å². The fourth-order valence-electron chi connectivity index (χ4n) is 2.99. The average Bonchev–Trinajstić information content (AvgIpc) is 2.43. The van der Waals surface area contributed by atoms with E-state index in [2.05, 4.69) is 0 Å². The standard InChI is InChI=1S/C13H22N2O4/c1-2-14(9-12(16)17)13(18)15-7-8-19-11-6-4-3-5-10(11)15/h10-11H,2-9H2,1H3,(H,16,17). The highest BCUT2D eigenvalue weighted by Gasteiger charge is 2.38. The molecule has 2 rings (SSSR count). The number of fused-ring (bicyclic) bond motifs is 1. The van der Waals surface area contributed by atoms with Crippen molar-refractivity contribution in [3.05, 3.63) is 0 Å². The Morgan fingerprint density at radius 2 is 2.11 bits per heavy atom. The summed E-state index contributed by atoms with van der Waals surface area (Å²) in [7, 11) is 0. The van der Waals surface area contributed by atoms with Crippen molar-refractivity contribution in [3.8, 4) is 0 Å². The predicted octanol–water partition coefficient (Wildman–Crippen LogP) is 1.16. The second-order valence-electron chi connectivity index (χ2n) is 5.14. The zero-order valence-electron chi connectivity index (χ0n) is 11.4. The van der Waals surface area contributed by atoms with Crippen molar-refractivity contribution in [2.75, 3.05) is 26.2 Å². The Morgan fingerprint density at radius 1 is 1.37 bits per heavy atom. The highest BCUT2D eigenvalue weighted by atomic mass is 16.5. The summed E-state index contributed by atoms with van der Waals surface area (Å²) in [4.78, 5) is 26.5. The number of rotatable bonds is 3. The van der Waals surface area contributed by atoms with E-state index in [9.17, 15) is 9.59 Å². The SMILES string of the molecule is CCN(CC(=O)O)C(=O)N1CCOC2CCCCC21. The van der Waals surface area contributed by atoms with Crippen molar-refractivity contribution in [2.24, 2.45) is 0 Å². The van der Waals surface area contributed by atoms with Crippen LogP contribution in [0.5, 0.6) is 0 Å². The average molecular weight is 270 g/mol. The third-order valence-electron chi connectivity index (χ3n) is 3.96. The molecule has 2 aliphatic rings. The van der Waals surface area contributed by atoms with Gasteiger partial charge in [-0.05, 0) is 19.8 Å². The van der Waals surface area contributed by atoms with Crippen LogP contribution in [0.1, 0.15) is 32.6 Å². The molecule has 2 atom stereocenters. The Labute approximate surface area is 113 Å². The van der Waals surface area contributed by atoms with E-state index in [1.807, 2.05) is 4.90 Å². The number of hydrogen-bond acceptors (Lipinski definition) is 3. The molecule has 2 amide bonds. The van der Waals surface area contributed by atoms with Gasteiger partial charge in [-0.25, -0.2) is 4.79 Å². The van der Waals surface area contributed by atoms with E-state index in [1.54, 1.807) is 6.92 Å². The number of aliphatic carboxylic acids is 1. The van der Waals surface area contributed by atoms with Gasteiger partial charge in [-0.1, -0.05) is 12.8 Å². The first-order valence-corrected chi connectivity index (χ1v) is 7.02. The third-order valence-corrected chi connectivity index (χ3v) is 3.96. The molecule has 1 aliphatic heterocycles. The summed E-state index contributed by atoms with van der Waals surface area (Å²) in [5, 5.41) is 8.86. The summed E-state index contributed by atoms with van der Waals surface area (Å²) in [6.45, 7) is 3.11. The van der Waals surface area contributed by atoms with E-state index in [-0.39, 0.29) is 24.7 Å². The number of ether oxygens (including phenoxy) is 1. The molecule has 0 radical (unpaired) electrons. The summed E-state index contributed by atoms with van der Waals surface area (Å²) in [5.74, 6) is -0.969. The van der Waals surface area contributed by atoms with E-state index < -0.39 is 5.97 Å². The number of amides is 2. The summed E-state index contributed by atoms with van der Waals surface area (Å²) in [6.07, 6.45) is 4.35. The number of likely N-dealkylation sites (N-methyl/N-ethyl adjacent to an activating group) is 1. The van der Waals surface area contributed by atoms with Gasteiger partial charge in [-0.3, -0.25) is 4.79 Å². The number of urea groups is 1. The van der Waals surface area contributed by atoms with Crippen molar-refractivity contribution < 1.29 is 19.4 Å². The van der Waals surface area contributed by atoms with Gasteiger partial charge in [0.15, 0.2) is 0 Å². The van der Waals surface area contributed by atoms with Crippen LogP contribution in [-0.2, 0) is 9.53 Å². The highest BCUT2D eigenvalue weighted by molar-refractivity contribution is 5.80. The summed E-state index contributed by atoms with van der Waals surface area (Å²) < 4.78 is 5.73. The Hall–Kier alpha value is -1.30. The lowest BCUT2D eigenvalue weighted by Gasteiger charge is -2.45. The van der Waals surface area contributed by atoms with E-state index in [0.29, 0.717) is 19.7 Å². The molecule has 19 heavy (non-hydrogen) atoms. The minimum atomic E-state index is -0.969. The number of morpholine rings is 1. The van der Waals surface area contributed by atoms with Crippen molar-refractivity contribution in [3.63, 3.8) is 0 Å². The molecular weight excluding hydrogens is 248 g/mol. The maximum absolute atomic E-state index is 12.5. The molecule has 2 fully saturated rings. The molecule has 0 aromatic rings. The van der Waals surface area contributed by atoms with Gasteiger partial charge in [0.2, 0.25) is 0 Å². The summed E-state index contributed by atoms with van der Waals surface area (Å²) in [5.41, 5.74) is 0. The van der Waals surface area contributed by atoms with E-state index in [0.717, 1.165) is 25.7 Å². The maximum atomic E-state index is 12.5. The third kappa shape index (κ3) is 3.18. The van der Waals surface area contributed by atoms with Gasteiger partial charge in [-0.2, -0.15) is 0 Å². The first-order chi connectivity index (χ1) is 9.13. The number of carboxylic acids is 1. The molecule has 0 bridgehead atoms. The molecular formula is C13H22N2O4. The number of carbonyl (C=O) groups is 2. The smallest absolute Gasteiger partial charge is 0.323 e. The lowest BCUT2D eigenvalue weighted by Crippen LogP contribution is -2.58. The van der Waals surface area contributed by atoms with Crippen LogP contribution in [0.25, 0.3) is 0 Å². The summed E-state index contributed by atoms with van der Waals surface area (Å²) in [6, 6.07) is -0.0389. The number of nitrogens with zero attached hydrogens (tertiary/aromatic N) is 2. The Kier molecular flexibility index (Phi) is 4.63. The van der Waals surface area contributed by atoms with Gasteiger partial charge in [0.05, 0.1) is 18.8 Å². The minimum absolute atomic E-state index is 0.123. The van der Waals surface area contributed by atoms with Crippen molar-refractivity contribution in [1.82, 2.24) is 9.80 Å². The molecule has 1 saturated carbocycles. The lowest BCUT2D eigenvalue weighted by molar-refractivity contribution is -0.138. The van der Waals surface area contributed by atoms with Crippen LogP contribution < -0.4 is 0 Å². The van der Waals surface area contributed by atoms with Crippen LogP contribution in [0, 0.1) is 0 Å². The molecule has 6 heteroatoms. The minimum Gasteiger partial charge on any atom is -0.480 e. The van der Waals surface area contributed by atoms with E-state index in [1.165, 1.54) is 4.90 Å². The number of carboxylic acid groups (broad SMARTS) is 1. The molecule has 1 heterocycles. The Morgan fingerprint density at radius 3 is 2.79 bits per heavy atom. The van der Waals surface area contributed by atoms with Crippen molar-refractivity contribution in [1.29, 1.82) is 0 Å². The Bertz CT molecular complexity index is 346. The quantitative estimate of drug-likeness (QED) is 0.835. The molecule has 0 aromatic carbocycles. The zero-order valence-corrected chi connectivity index (χ0v) is 11.4. The lowest BCUT2D eigenvalue weighted by atomic mass is 9.90. The van der Waals surface area contributed by atoms with E-state index in [4.69, 9.17) is 9.84 Å². The number of hydrogen-bond donors (Lipinski definition) is 1. The van der Waals surface area contributed by atoms with Gasteiger partial charge in [0, 0.05) is 13.1 Å². The second kappa shape index (κ2) is 6.23. The van der Waals surface area contributed by atoms with Gasteiger partial charge in [0.1, 0.15) is 6.54 Å². The van der Waals surface area contributed by atoms with Crippen LogP contribution >= 0.6 is 0 Å². The van der Waals surface area contributed by atoms with Crippen LogP contribution in [0.3, 0.4) is 0 Å². The van der Waals surface area contributed by atoms with Crippen LogP contribution in [0.15, 0.2) is 0 Å². The van der Waals surface area contributed by atoms with Gasteiger partial charge in [-0.15, -0.1) is 0 Å². The molecule has 2 unspecified atom stereocenters. The Balaban J connectivity index is 2.05. The molecule has 108 valence electrons. The van der Waals surface area contributed by atoms with Crippen LogP contribution in [0.4, 0.5) is 4.79 Å². The molecule has 0 spiro atoms. The fraction of sp³-hybridized carbons (Fsp3) is 0.846. The fourth-order valence-corrected chi connectivity index (χ4v) is 2.99. The van der Waals surface area contributed by atoms with Gasteiger partial charge >= 0.3 is 12.0 Å². The molecule has 1 N–H and O–H groups in total. The van der Waals surface area contributed by atoms with Gasteiger partial charge < -0.3 is 19.6 Å². The zero-order chi connectivity index (χ0) is 13.8. The topological polar surface area (TPSA) is 70.1 Å². The van der Waals surface area contributed by atoms with Crippen molar-refractivity contribution in [2.45, 2.75) is 44.8 Å².